The van der Waals surface area contributed by atoms with Gasteiger partial charge in [0.05, 0.1) is 17.6 Å². The van der Waals surface area contributed by atoms with Crippen molar-refractivity contribution < 1.29 is 0 Å². The van der Waals surface area contributed by atoms with E-state index in [2.05, 4.69) is 29.9 Å². The average molecular weight is 158 g/mol. The van der Waals surface area contributed by atoms with Gasteiger partial charge in [0.25, 0.3) is 0 Å². The molecule has 0 unspecified atom stereocenters. The summed E-state index contributed by atoms with van der Waals surface area (Å²) in [5.41, 5.74) is 4.09. The molecule has 60 valence electrons. The molecular formula is C10H10N2. The van der Waals surface area contributed by atoms with Gasteiger partial charge in [-0.05, 0) is 24.6 Å². The number of fused-ring (bicyclic) bond motifs is 1. The van der Waals surface area contributed by atoms with Crippen molar-refractivity contribution in [1.82, 2.24) is 0 Å². The highest BCUT2D eigenvalue weighted by molar-refractivity contribution is 5.91. The minimum absolute atomic E-state index is 0.839. The first-order valence-electron chi connectivity index (χ1n) is 3.86. The molecule has 2 heteroatoms. The van der Waals surface area contributed by atoms with E-state index in [-0.39, 0.29) is 0 Å². The van der Waals surface area contributed by atoms with E-state index in [1.54, 1.807) is 6.21 Å². The van der Waals surface area contributed by atoms with Crippen LogP contribution in [0.1, 0.15) is 5.56 Å². The van der Waals surface area contributed by atoms with E-state index in [0.717, 1.165) is 17.1 Å². The number of allylic oxidation sites excluding steroid dienone is 1. The van der Waals surface area contributed by atoms with Crippen molar-refractivity contribution in [3.05, 3.63) is 36.0 Å². The van der Waals surface area contributed by atoms with Crippen LogP contribution >= 0.6 is 0 Å². The number of aryl methyl sites for hydroxylation is 1. The molecule has 2 nitrogen and oxygen atoms in total. The van der Waals surface area contributed by atoms with Crippen LogP contribution in [0.3, 0.4) is 0 Å². The van der Waals surface area contributed by atoms with Crippen molar-refractivity contribution in [1.29, 1.82) is 0 Å². The molecular weight excluding hydrogens is 148 g/mol. The average Bonchev–Trinajstić information content (AvgIpc) is 2.05. The third-order valence-corrected chi connectivity index (χ3v) is 1.81. The number of rotatable bonds is 0. The molecule has 1 aliphatic rings. The van der Waals surface area contributed by atoms with Crippen LogP contribution in [-0.4, -0.2) is 6.21 Å². The van der Waals surface area contributed by atoms with Gasteiger partial charge in [-0.25, -0.2) is 0 Å². The molecule has 0 saturated carbocycles. The lowest BCUT2D eigenvalue weighted by molar-refractivity contribution is 1.38. The molecule has 1 N–H and O–H groups in total. The molecule has 0 radical (unpaired) electrons. The normalized spacial score (nSPS) is 13.9. The maximum absolute atomic E-state index is 4.25. The Morgan fingerprint density at radius 3 is 3.08 bits per heavy atom. The van der Waals surface area contributed by atoms with Gasteiger partial charge in [0, 0.05) is 5.70 Å². The van der Waals surface area contributed by atoms with Crippen LogP contribution in [0.25, 0.3) is 0 Å². The van der Waals surface area contributed by atoms with Crippen molar-refractivity contribution in [2.75, 3.05) is 5.32 Å². The first kappa shape index (κ1) is 7.10. The van der Waals surface area contributed by atoms with Crippen molar-refractivity contribution >= 4 is 17.6 Å². The number of benzene rings is 1. The second kappa shape index (κ2) is 2.48. The largest absolute Gasteiger partial charge is 0.353 e. The lowest BCUT2D eigenvalue weighted by Gasteiger charge is -2.13. The number of nitrogens with one attached hydrogen (secondary N) is 1. The fourth-order valence-electron chi connectivity index (χ4n) is 1.21. The first-order chi connectivity index (χ1) is 5.75. The van der Waals surface area contributed by atoms with Gasteiger partial charge in [0.15, 0.2) is 0 Å². The second-order valence-corrected chi connectivity index (χ2v) is 2.93. The molecule has 12 heavy (non-hydrogen) atoms. The van der Waals surface area contributed by atoms with E-state index >= 15 is 0 Å². The van der Waals surface area contributed by atoms with Crippen LogP contribution in [0.15, 0.2) is 35.5 Å². The fourth-order valence-corrected chi connectivity index (χ4v) is 1.21. The molecule has 0 saturated heterocycles. The summed E-state index contributed by atoms with van der Waals surface area (Å²) in [5, 5.41) is 3.14. The molecule has 0 bridgehead atoms. The Morgan fingerprint density at radius 1 is 1.42 bits per heavy atom. The zero-order valence-corrected chi connectivity index (χ0v) is 6.96. The molecule has 0 amide bonds. The molecule has 1 aliphatic heterocycles. The van der Waals surface area contributed by atoms with Crippen molar-refractivity contribution in [3.8, 4) is 0 Å². The molecule has 1 aromatic rings. The van der Waals surface area contributed by atoms with Gasteiger partial charge in [0.1, 0.15) is 0 Å². The molecule has 0 aromatic heterocycles. The number of hydrogen-bond donors (Lipinski definition) is 1. The molecule has 2 rings (SSSR count). The predicted molar refractivity (Wildman–Crippen MR) is 52.1 cm³/mol. The van der Waals surface area contributed by atoms with Crippen LogP contribution in [0.2, 0.25) is 0 Å². The van der Waals surface area contributed by atoms with Gasteiger partial charge < -0.3 is 5.32 Å². The van der Waals surface area contributed by atoms with Crippen LogP contribution in [0.5, 0.6) is 0 Å². The number of anilines is 1. The van der Waals surface area contributed by atoms with Gasteiger partial charge >= 0.3 is 0 Å². The molecule has 1 aromatic carbocycles. The third kappa shape index (κ3) is 1.11. The van der Waals surface area contributed by atoms with Crippen LogP contribution in [-0.2, 0) is 0 Å². The minimum atomic E-state index is 0.839. The fraction of sp³-hybridized carbons (Fsp3) is 0.100. The monoisotopic (exact) mass is 158 g/mol. The minimum Gasteiger partial charge on any atom is -0.353 e. The van der Waals surface area contributed by atoms with Crippen molar-refractivity contribution in [2.24, 2.45) is 4.99 Å². The quantitative estimate of drug-likeness (QED) is 0.616. The molecule has 0 atom stereocenters. The topological polar surface area (TPSA) is 24.4 Å². The maximum Gasteiger partial charge on any atom is 0.0867 e. The number of nitrogens with zero attached hydrogens (tertiary/aromatic N) is 1. The third-order valence-electron chi connectivity index (χ3n) is 1.81. The van der Waals surface area contributed by atoms with Crippen LogP contribution in [0.4, 0.5) is 11.4 Å². The van der Waals surface area contributed by atoms with E-state index in [0.29, 0.717) is 0 Å². The van der Waals surface area contributed by atoms with E-state index in [1.165, 1.54) is 5.56 Å². The first-order valence-corrected chi connectivity index (χ1v) is 3.86. The highest BCUT2D eigenvalue weighted by atomic mass is 15.0. The smallest absolute Gasteiger partial charge is 0.0867 e. The lowest BCUT2D eigenvalue weighted by atomic mass is 10.1. The standard InChI is InChI=1S/C10H10N2/c1-7-3-4-9-10(5-7)11-6-8(2)12-9/h3-6,12H,2H2,1H3. The highest BCUT2D eigenvalue weighted by Crippen LogP contribution is 2.29. The Kier molecular flexibility index (Phi) is 1.47. The van der Waals surface area contributed by atoms with Crippen molar-refractivity contribution in [2.45, 2.75) is 6.92 Å². The molecule has 0 spiro atoms. The Morgan fingerprint density at radius 2 is 2.25 bits per heavy atom. The number of aliphatic imine (C=N–C) groups is 1. The van der Waals surface area contributed by atoms with Gasteiger partial charge in [0.2, 0.25) is 0 Å². The Balaban J connectivity index is 2.54. The summed E-state index contributed by atoms with van der Waals surface area (Å²) >= 11 is 0. The van der Waals surface area contributed by atoms with Crippen LogP contribution < -0.4 is 5.32 Å². The Bertz CT molecular complexity index is 364. The summed E-state index contributed by atoms with van der Waals surface area (Å²) in [6, 6.07) is 6.12. The highest BCUT2D eigenvalue weighted by Gasteiger charge is 2.05. The zero-order chi connectivity index (χ0) is 8.55. The zero-order valence-electron chi connectivity index (χ0n) is 6.96. The van der Waals surface area contributed by atoms with Crippen LogP contribution in [0, 0.1) is 6.92 Å². The van der Waals surface area contributed by atoms with E-state index in [4.69, 9.17) is 0 Å². The Labute approximate surface area is 71.6 Å². The molecule has 1 heterocycles. The summed E-state index contributed by atoms with van der Waals surface area (Å²) < 4.78 is 0. The van der Waals surface area contributed by atoms with Gasteiger partial charge in [-0.2, -0.15) is 0 Å². The van der Waals surface area contributed by atoms with E-state index in [1.807, 2.05) is 12.1 Å². The summed E-state index contributed by atoms with van der Waals surface area (Å²) in [4.78, 5) is 4.25. The summed E-state index contributed by atoms with van der Waals surface area (Å²) in [7, 11) is 0. The van der Waals surface area contributed by atoms with E-state index in [9.17, 15) is 0 Å². The molecule has 0 fully saturated rings. The van der Waals surface area contributed by atoms with E-state index < -0.39 is 0 Å². The van der Waals surface area contributed by atoms with Gasteiger partial charge in [-0.15, -0.1) is 0 Å². The second-order valence-electron chi connectivity index (χ2n) is 2.93. The predicted octanol–water partition coefficient (Wildman–Crippen LogP) is 2.64. The summed E-state index contributed by atoms with van der Waals surface area (Å²) in [5.74, 6) is 0. The maximum atomic E-state index is 4.25. The molecule has 0 aliphatic carbocycles. The summed E-state index contributed by atoms with van der Waals surface area (Å²) in [6.45, 7) is 5.83. The van der Waals surface area contributed by atoms with Crippen molar-refractivity contribution in [3.63, 3.8) is 0 Å². The summed E-state index contributed by atoms with van der Waals surface area (Å²) in [6.07, 6.45) is 1.74. The number of hydrogen-bond acceptors (Lipinski definition) is 2. The van der Waals surface area contributed by atoms with Gasteiger partial charge in [-0.3, -0.25) is 4.99 Å². The SMILES string of the molecule is C=C1C=Nc2cc(C)ccc2N1. The van der Waals surface area contributed by atoms with Gasteiger partial charge in [-0.1, -0.05) is 12.6 Å². The Hall–Kier alpha value is -1.57. The lowest BCUT2D eigenvalue weighted by Crippen LogP contribution is -2.03.